The minimum atomic E-state index is -0.144. The Morgan fingerprint density at radius 2 is 1.91 bits per heavy atom. The Balaban J connectivity index is 1.42. The molecule has 4 rings (SSSR count). The van der Waals surface area contributed by atoms with E-state index in [0.29, 0.717) is 6.54 Å². The molecule has 0 spiro atoms. The standard InChI is InChI=1S/C25H28N6O/c1-18(2)31-25(12-13-27-31)30-19(3)14-22(20(30)4)10-11-24(32)26-15-21-16-28-29(17-21)23-8-6-5-7-9-23/h5-14,16-18H,15H2,1-4H3,(H,26,32)/b11-10+. The first kappa shape index (κ1) is 21.4. The van der Waals surface area contributed by atoms with Gasteiger partial charge in [-0.2, -0.15) is 10.2 Å². The Kier molecular flexibility index (Phi) is 6.07. The highest BCUT2D eigenvalue weighted by molar-refractivity contribution is 5.91. The molecule has 0 unspecified atom stereocenters. The lowest BCUT2D eigenvalue weighted by Gasteiger charge is -2.15. The fraction of sp³-hybridized carbons (Fsp3) is 0.240. The van der Waals surface area contributed by atoms with Gasteiger partial charge in [0.15, 0.2) is 0 Å². The SMILES string of the molecule is Cc1cc(/C=C/C(=O)NCc2cnn(-c3ccccc3)c2)c(C)n1-c1ccnn1C(C)C. The van der Waals surface area contributed by atoms with E-state index in [1.54, 1.807) is 17.0 Å². The molecule has 0 atom stereocenters. The maximum Gasteiger partial charge on any atom is 0.244 e. The van der Waals surface area contributed by atoms with Gasteiger partial charge in [0.25, 0.3) is 0 Å². The number of nitrogens with zero attached hydrogens (tertiary/aromatic N) is 5. The Hall–Kier alpha value is -3.87. The molecule has 32 heavy (non-hydrogen) atoms. The maximum atomic E-state index is 12.4. The number of aromatic nitrogens is 5. The smallest absolute Gasteiger partial charge is 0.244 e. The fourth-order valence-corrected chi connectivity index (χ4v) is 3.78. The first-order chi connectivity index (χ1) is 15.4. The van der Waals surface area contributed by atoms with Crippen LogP contribution >= 0.6 is 0 Å². The van der Waals surface area contributed by atoms with E-state index < -0.39 is 0 Å². The van der Waals surface area contributed by atoms with Crippen molar-refractivity contribution in [1.29, 1.82) is 0 Å². The molecular weight excluding hydrogens is 400 g/mol. The van der Waals surface area contributed by atoms with Crippen LogP contribution < -0.4 is 5.32 Å². The summed E-state index contributed by atoms with van der Waals surface area (Å²) in [4.78, 5) is 12.4. The monoisotopic (exact) mass is 428 g/mol. The number of hydrogen-bond donors (Lipinski definition) is 1. The van der Waals surface area contributed by atoms with Crippen molar-refractivity contribution >= 4 is 12.0 Å². The highest BCUT2D eigenvalue weighted by Gasteiger charge is 2.14. The van der Waals surface area contributed by atoms with E-state index in [9.17, 15) is 4.79 Å². The first-order valence-corrected chi connectivity index (χ1v) is 10.7. The number of amides is 1. The molecule has 1 N–H and O–H groups in total. The van der Waals surface area contributed by atoms with Gasteiger partial charge in [0.2, 0.25) is 5.91 Å². The summed E-state index contributed by atoms with van der Waals surface area (Å²) < 4.78 is 5.96. The van der Waals surface area contributed by atoms with Gasteiger partial charge in [0.1, 0.15) is 5.82 Å². The third-order valence-electron chi connectivity index (χ3n) is 5.38. The average Bonchev–Trinajstić information content (AvgIpc) is 3.51. The lowest BCUT2D eigenvalue weighted by Crippen LogP contribution is -2.19. The maximum absolute atomic E-state index is 12.4. The summed E-state index contributed by atoms with van der Waals surface area (Å²) in [6.45, 7) is 8.76. The zero-order valence-electron chi connectivity index (χ0n) is 18.9. The number of rotatable bonds is 7. The number of nitrogens with one attached hydrogen (secondary N) is 1. The van der Waals surface area contributed by atoms with E-state index in [1.807, 2.05) is 59.5 Å². The summed E-state index contributed by atoms with van der Waals surface area (Å²) >= 11 is 0. The molecule has 0 fully saturated rings. The van der Waals surface area contributed by atoms with Gasteiger partial charge >= 0.3 is 0 Å². The van der Waals surface area contributed by atoms with Crippen molar-refractivity contribution < 1.29 is 4.79 Å². The van der Waals surface area contributed by atoms with E-state index in [-0.39, 0.29) is 11.9 Å². The van der Waals surface area contributed by atoms with Crippen LogP contribution in [-0.4, -0.2) is 30.0 Å². The molecule has 0 saturated carbocycles. The van der Waals surface area contributed by atoms with Gasteiger partial charge in [-0.15, -0.1) is 0 Å². The molecule has 0 saturated heterocycles. The molecule has 3 heterocycles. The molecule has 0 aliphatic rings. The second kappa shape index (κ2) is 9.09. The summed E-state index contributed by atoms with van der Waals surface area (Å²) in [5.41, 5.74) is 5.09. The molecule has 164 valence electrons. The van der Waals surface area contributed by atoms with Crippen LogP contribution in [0.4, 0.5) is 0 Å². The van der Waals surface area contributed by atoms with Crippen LogP contribution in [0.1, 0.15) is 42.4 Å². The van der Waals surface area contributed by atoms with Gasteiger partial charge in [0, 0.05) is 47.9 Å². The van der Waals surface area contributed by atoms with E-state index in [1.165, 1.54) is 0 Å². The van der Waals surface area contributed by atoms with Crippen molar-refractivity contribution in [1.82, 2.24) is 29.4 Å². The van der Waals surface area contributed by atoms with Crippen molar-refractivity contribution in [3.8, 4) is 11.5 Å². The van der Waals surface area contributed by atoms with Crippen molar-refractivity contribution in [3.05, 3.63) is 89.6 Å². The summed E-state index contributed by atoms with van der Waals surface area (Å²) in [7, 11) is 0. The topological polar surface area (TPSA) is 69.7 Å². The lowest BCUT2D eigenvalue weighted by molar-refractivity contribution is -0.116. The molecular formula is C25H28N6O. The largest absolute Gasteiger partial charge is 0.348 e. The lowest BCUT2D eigenvalue weighted by atomic mass is 10.2. The van der Waals surface area contributed by atoms with E-state index >= 15 is 0 Å². The number of hydrogen-bond acceptors (Lipinski definition) is 3. The third kappa shape index (κ3) is 4.42. The molecule has 0 aliphatic carbocycles. The van der Waals surface area contributed by atoms with Crippen LogP contribution in [0, 0.1) is 13.8 Å². The molecule has 4 aromatic rings. The van der Waals surface area contributed by atoms with Crippen LogP contribution in [0.2, 0.25) is 0 Å². The van der Waals surface area contributed by atoms with Gasteiger partial charge < -0.3 is 9.88 Å². The van der Waals surface area contributed by atoms with Crippen molar-refractivity contribution in [2.75, 3.05) is 0 Å². The summed E-state index contributed by atoms with van der Waals surface area (Å²) in [6, 6.07) is 14.2. The number of carbonyl (C=O) groups is 1. The van der Waals surface area contributed by atoms with Gasteiger partial charge in [-0.1, -0.05) is 18.2 Å². The molecule has 0 bridgehead atoms. The fourth-order valence-electron chi connectivity index (χ4n) is 3.78. The highest BCUT2D eigenvalue weighted by Crippen LogP contribution is 2.23. The Morgan fingerprint density at radius 1 is 1.12 bits per heavy atom. The van der Waals surface area contributed by atoms with Crippen molar-refractivity contribution in [2.45, 2.75) is 40.3 Å². The summed E-state index contributed by atoms with van der Waals surface area (Å²) in [5.74, 6) is 0.879. The molecule has 7 heteroatoms. The van der Waals surface area contributed by atoms with Crippen molar-refractivity contribution in [3.63, 3.8) is 0 Å². The minimum Gasteiger partial charge on any atom is -0.348 e. The minimum absolute atomic E-state index is 0.144. The quantitative estimate of drug-likeness (QED) is 0.444. The normalized spacial score (nSPS) is 11.5. The number of para-hydroxylation sites is 1. The first-order valence-electron chi connectivity index (χ1n) is 10.7. The molecule has 3 aromatic heterocycles. The average molecular weight is 429 g/mol. The van der Waals surface area contributed by atoms with Gasteiger partial charge in [0.05, 0.1) is 18.1 Å². The Morgan fingerprint density at radius 3 is 2.66 bits per heavy atom. The summed E-state index contributed by atoms with van der Waals surface area (Å²) in [5, 5.41) is 11.7. The molecule has 1 aromatic carbocycles. The number of carbonyl (C=O) groups excluding carboxylic acids is 1. The number of benzene rings is 1. The zero-order chi connectivity index (χ0) is 22.7. The summed E-state index contributed by atoms with van der Waals surface area (Å²) in [6.07, 6.45) is 8.94. The predicted molar refractivity (Wildman–Crippen MR) is 126 cm³/mol. The zero-order valence-corrected chi connectivity index (χ0v) is 18.9. The van der Waals surface area contributed by atoms with Gasteiger partial charge in [-0.3, -0.25) is 4.79 Å². The predicted octanol–water partition coefficient (Wildman–Crippen LogP) is 4.39. The Labute approximate surface area is 188 Å². The molecule has 7 nitrogen and oxygen atoms in total. The highest BCUT2D eigenvalue weighted by atomic mass is 16.1. The van der Waals surface area contributed by atoms with Gasteiger partial charge in [-0.05, 0) is 57.5 Å². The third-order valence-corrected chi connectivity index (χ3v) is 5.38. The Bertz CT molecular complexity index is 1240. The van der Waals surface area contributed by atoms with Gasteiger partial charge in [-0.25, -0.2) is 9.36 Å². The second-order valence-corrected chi connectivity index (χ2v) is 8.07. The van der Waals surface area contributed by atoms with E-state index in [4.69, 9.17) is 0 Å². The van der Waals surface area contributed by atoms with E-state index in [2.05, 4.69) is 53.8 Å². The molecule has 1 amide bonds. The van der Waals surface area contributed by atoms with Crippen LogP contribution in [0.3, 0.4) is 0 Å². The van der Waals surface area contributed by atoms with Crippen LogP contribution in [0.5, 0.6) is 0 Å². The second-order valence-electron chi connectivity index (χ2n) is 8.07. The van der Waals surface area contributed by atoms with Crippen molar-refractivity contribution in [2.24, 2.45) is 0 Å². The van der Waals surface area contributed by atoms with Crippen LogP contribution in [0.25, 0.3) is 17.6 Å². The van der Waals surface area contributed by atoms with E-state index in [0.717, 1.165) is 34.0 Å². The molecule has 0 radical (unpaired) electrons. The molecule has 0 aliphatic heterocycles. The van der Waals surface area contributed by atoms with Crippen LogP contribution in [0.15, 0.2) is 67.1 Å². The van der Waals surface area contributed by atoms with Crippen LogP contribution in [-0.2, 0) is 11.3 Å². The number of aryl methyl sites for hydroxylation is 1.